The summed E-state index contributed by atoms with van der Waals surface area (Å²) in [6, 6.07) is 5.49. The topological polar surface area (TPSA) is 67.9 Å². The van der Waals surface area contributed by atoms with Crippen molar-refractivity contribution in [1.82, 2.24) is 10.2 Å². The molecule has 26 heavy (non-hydrogen) atoms. The Morgan fingerprint density at radius 1 is 1.23 bits per heavy atom. The van der Waals surface area contributed by atoms with E-state index >= 15 is 0 Å². The van der Waals surface area contributed by atoms with E-state index in [0.717, 1.165) is 5.56 Å². The first kappa shape index (κ1) is 21.5. The number of hydrogen-bond donors (Lipinski definition) is 1. The number of rotatable bonds is 8. The van der Waals surface area contributed by atoms with Crippen LogP contribution in [0.1, 0.15) is 40.2 Å². The number of ether oxygens (including phenoxy) is 2. The zero-order chi connectivity index (χ0) is 19.7. The molecule has 6 heteroatoms. The number of carbonyl (C=O) groups excluding carboxylic acids is 2. The summed E-state index contributed by atoms with van der Waals surface area (Å²) in [5.41, 5.74) is 0.648. The maximum atomic E-state index is 12.4. The minimum Gasteiger partial charge on any atom is -0.493 e. The maximum Gasteiger partial charge on any atom is 0.260 e. The molecule has 0 radical (unpaired) electrons. The molecule has 0 aliphatic carbocycles. The molecule has 0 atom stereocenters. The van der Waals surface area contributed by atoms with Crippen LogP contribution in [0.2, 0.25) is 0 Å². The van der Waals surface area contributed by atoms with Gasteiger partial charge in [-0.3, -0.25) is 9.59 Å². The molecule has 144 valence electrons. The van der Waals surface area contributed by atoms with Gasteiger partial charge in [0.05, 0.1) is 13.7 Å². The van der Waals surface area contributed by atoms with Gasteiger partial charge in [0.1, 0.15) is 0 Å². The molecule has 0 aromatic heterocycles. The predicted octanol–water partition coefficient (Wildman–Crippen LogP) is 2.87. The average molecular weight is 362 g/mol. The number of nitrogens with one attached hydrogen (secondary N) is 1. The highest BCUT2D eigenvalue weighted by Gasteiger charge is 2.20. The molecule has 0 saturated heterocycles. The van der Waals surface area contributed by atoms with Crippen molar-refractivity contribution in [3.63, 3.8) is 0 Å². The molecule has 1 aromatic rings. The Bertz CT molecular complexity index is 648. The van der Waals surface area contributed by atoms with Crippen LogP contribution in [0.4, 0.5) is 0 Å². The van der Waals surface area contributed by atoms with Gasteiger partial charge in [0.15, 0.2) is 18.1 Å². The summed E-state index contributed by atoms with van der Waals surface area (Å²) in [4.78, 5) is 25.9. The van der Waals surface area contributed by atoms with E-state index in [2.05, 4.69) is 5.32 Å². The Morgan fingerprint density at radius 3 is 2.46 bits per heavy atom. The SMILES string of the molecule is C/C=C/c1ccc(OCC(=O)N(CC)CC(=O)NC(C)(C)C)c(OC)c1. The lowest BCUT2D eigenvalue weighted by atomic mass is 10.1. The molecule has 2 amide bonds. The van der Waals surface area contributed by atoms with Gasteiger partial charge in [0, 0.05) is 12.1 Å². The Labute approximate surface area is 156 Å². The van der Waals surface area contributed by atoms with Crippen molar-refractivity contribution in [3.05, 3.63) is 29.8 Å². The van der Waals surface area contributed by atoms with Crippen molar-refractivity contribution >= 4 is 17.9 Å². The van der Waals surface area contributed by atoms with Gasteiger partial charge in [-0.25, -0.2) is 0 Å². The van der Waals surface area contributed by atoms with Crippen LogP contribution in [0.25, 0.3) is 6.08 Å². The van der Waals surface area contributed by atoms with Crippen LogP contribution in [0, 0.1) is 0 Å². The summed E-state index contributed by atoms with van der Waals surface area (Å²) in [5, 5.41) is 2.85. The molecule has 1 rings (SSSR count). The molecular weight excluding hydrogens is 332 g/mol. The predicted molar refractivity (Wildman–Crippen MR) is 103 cm³/mol. The first-order chi connectivity index (χ1) is 12.2. The zero-order valence-corrected chi connectivity index (χ0v) is 16.6. The van der Waals surface area contributed by atoms with Gasteiger partial charge in [-0.05, 0) is 52.3 Å². The van der Waals surface area contributed by atoms with Gasteiger partial charge in [-0.2, -0.15) is 0 Å². The molecule has 0 fully saturated rings. The van der Waals surface area contributed by atoms with Crippen molar-refractivity contribution < 1.29 is 19.1 Å². The van der Waals surface area contributed by atoms with Gasteiger partial charge >= 0.3 is 0 Å². The highest BCUT2D eigenvalue weighted by atomic mass is 16.5. The normalized spacial score (nSPS) is 11.3. The number of benzene rings is 1. The number of allylic oxidation sites excluding steroid dienone is 1. The molecule has 0 saturated carbocycles. The monoisotopic (exact) mass is 362 g/mol. The van der Waals surface area contributed by atoms with Crippen molar-refractivity contribution in [2.24, 2.45) is 0 Å². The van der Waals surface area contributed by atoms with Crippen molar-refractivity contribution in [2.45, 2.75) is 40.2 Å². The Hall–Kier alpha value is -2.50. The number of likely N-dealkylation sites (N-methyl/N-ethyl adjacent to an activating group) is 1. The van der Waals surface area contributed by atoms with Crippen LogP contribution >= 0.6 is 0 Å². The third-order valence-electron chi connectivity index (χ3n) is 3.48. The van der Waals surface area contributed by atoms with E-state index < -0.39 is 0 Å². The minimum absolute atomic E-state index is 0.00727. The first-order valence-corrected chi connectivity index (χ1v) is 8.72. The summed E-state index contributed by atoms with van der Waals surface area (Å²) >= 11 is 0. The molecule has 1 aromatic carbocycles. The lowest BCUT2D eigenvalue weighted by molar-refractivity contribution is -0.137. The largest absolute Gasteiger partial charge is 0.493 e. The van der Waals surface area contributed by atoms with E-state index in [1.807, 2.05) is 58.9 Å². The Kier molecular flexibility index (Phi) is 8.16. The summed E-state index contributed by atoms with van der Waals surface area (Å²) in [7, 11) is 1.55. The number of amides is 2. The Balaban J connectivity index is 2.70. The summed E-state index contributed by atoms with van der Waals surface area (Å²) < 4.78 is 10.9. The van der Waals surface area contributed by atoms with E-state index in [0.29, 0.717) is 18.0 Å². The number of methoxy groups -OCH3 is 1. The molecule has 0 aliphatic rings. The molecule has 0 bridgehead atoms. The maximum absolute atomic E-state index is 12.4. The van der Waals surface area contributed by atoms with Crippen LogP contribution in [0.15, 0.2) is 24.3 Å². The van der Waals surface area contributed by atoms with E-state index in [1.54, 1.807) is 13.2 Å². The van der Waals surface area contributed by atoms with Crippen LogP contribution in [-0.2, 0) is 9.59 Å². The van der Waals surface area contributed by atoms with Gasteiger partial charge in [0.2, 0.25) is 5.91 Å². The quantitative estimate of drug-likeness (QED) is 0.772. The van der Waals surface area contributed by atoms with Crippen LogP contribution < -0.4 is 14.8 Å². The highest BCUT2D eigenvalue weighted by Crippen LogP contribution is 2.28. The second-order valence-corrected chi connectivity index (χ2v) is 6.91. The third-order valence-corrected chi connectivity index (χ3v) is 3.48. The van der Waals surface area contributed by atoms with Crippen molar-refractivity contribution in [3.8, 4) is 11.5 Å². The van der Waals surface area contributed by atoms with E-state index in [4.69, 9.17) is 9.47 Å². The number of hydrogen-bond acceptors (Lipinski definition) is 4. The molecule has 1 N–H and O–H groups in total. The van der Waals surface area contributed by atoms with Gasteiger partial charge in [0.25, 0.3) is 5.91 Å². The molecular formula is C20H30N2O4. The average Bonchev–Trinajstić information content (AvgIpc) is 2.56. The fourth-order valence-electron chi connectivity index (χ4n) is 2.34. The smallest absolute Gasteiger partial charge is 0.260 e. The summed E-state index contributed by atoms with van der Waals surface area (Å²) in [6.07, 6.45) is 3.88. The number of carbonyl (C=O) groups is 2. The number of nitrogens with zero attached hydrogens (tertiary/aromatic N) is 1. The first-order valence-electron chi connectivity index (χ1n) is 8.72. The Morgan fingerprint density at radius 2 is 1.92 bits per heavy atom. The van der Waals surface area contributed by atoms with Crippen LogP contribution in [0.3, 0.4) is 0 Å². The molecule has 6 nitrogen and oxygen atoms in total. The van der Waals surface area contributed by atoms with Crippen LogP contribution in [-0.4, -0.2) is 49.1 Å². The van der Waals surface area contributed by atoms with E-state index in [1.165, 1.54) is 4.90 Å². The fraction of sp³-hybridized carbons (Fsp3) is 0.500. The van der Waals surface area contributed by atoms with Gasteiger partial charge in [-0.15, -0.1) is 0 Å². The molecule has 0 heterocycles. The molecule has 0 aliphatic heterocycles. The van der Waals surface area contributed by atoms with E-state index in [-0.39, 0.29) is 30.5 Å². The highest BCUT2D eigenvalue weighted by molar-refractivity contribution is 5.85. The summed E-state index contributed by atoms with van der Waals surface area (Å²) in [5.74, 6) is 0.600. The second kappa shape index (κ2) is 9.85. The third kappa shape index (κ3) is 7.17. The fourth-order valence-corrected chi connectivity index (χ4v) is 2.34. The standard InChI is InChI=1S/C20H30N2O4/c1-7-9-15-10-11-16(17(12-15)25-6)26-14-19(24)22(8-2)13-18(23)21-20(3,4)5/h7,9-12H,8,13-14H2,1-6H3,(H,21,23)/b9-7+. The second-order valence-electron chi connectivity index (χ2n) is 6.91. The lowest BCUT2D eigenvalue weighted by Crippen LogP contribution is -2.48. The van der Waals surface area contributed by atoms with Crippen molar-refractivity contribution in [1.29, 1.82) is 0 Å². The van der Waals surface area contributed by atoms with Crippen LogP contribution in [0.5, 0.6) is 11.5 Å². The van der Waals surface area contributed by atoms with E-state index in [9.17, 15) is 9.59 Å². The van der Waals surface area contributed by atoms with Gasteiger partial charge in [-0.1, -0.05) is 18.2 Å². The zero-order valence-electron chi connectivity index (χ0n) is 16.6. The van der Waals surface area contributed by atoms with Crippen molar-refractivity contribution in [2.75, 3.05) is 26.8 Å². The molecule has 0 unspecified atom stereocenters. The molecule has 0 spiro atoms. The lowest BCUT2D eigenvalue weighted by Gasteiger charge is -2.25. The summed E-state index contributed by atoms with van der Waals surface area (Å²) in [6.45, 7) is 9.74. The van der Waals surface area contributed by atoms with Gasteiger partial charge < -0.3 is 19.7 Å². The minimum atomic E-state index is -0.335.